The van der Waals surface area contributed by atoms with Crippen LogP contribution in [0.3, 0.4) is 0 Å². The molecule has 38 heavy (non-hydrogen) atoms. The Kier molecular flexibility index (Phi) is 7.18. The Balaban J connectivity index is 1.30. The Morgan fingerprint density at radius 2 is 1.63 bits per heavy atom. The highest BCUT2D eigenvalue weighted by Crippen LogP contribution is 2.44. The predicted molar refractivity (Wildman–Crippen MR) is 160 cm³/mol. The number of ether oxygens (including phenoxy) is 1. The highest BCUT2D eigenvalue weighted by Gasteiger charge is 2.43. The predicted octanol–water partition coefficient (Wildman–Crippen LogP) is 8.57. The van der Waals surface area contributed by atoms with E-state index in [1.54, 1.807) is 5.01 Å². The van der Waals surface area contributed by atoms with Crippen LogP contribution < -0.4 is 4.74 Å². The fraction of sp³-hybridized carbons (Fsp3) is 0.188. The molecule has 2 atom stereocenters. The molecule has 0 bridgehead atoms. The molecular formula is C32H26Br2N2O2. The van der Waals surface area contributed by atoms with Gasteiger partial charge in [-0.05, 0) is 89.2 Å². The van der Waals surface area contributed by atoms with Crippen LogP contribution in [0.4, 0.5) is 0 Å². The number of carbonyl (C=O) groups excluding carboxylic acids is 1. The summed E-state index contributed by atoms with van der Waals surface area (Å²) < 4.78 is 8.06. The molecule has 4 nitrogen and oxygen atoms in total. The van der Waals surface area contributed by atoms with Crippen LogP contribution >= 0.6 is 31.9 Å². The van der Waals surface area contributed by atoms with E-state index in [4.69, 9.17) is 9.84 Å². The van der Waals surface area contributed by atoms with Gasteiger partial charge in [-0.3, -0.25) is 4.79 Å². The van der Waals surface area contributed by atoms with Crippen LogP contribution in [0.2, 0.25) is 0 Å². The number of fused-ring (bicyclic) bond motifs is 2. The lowest BCUT2D eigenvalue weighted by Gasteiger charge is -2.29. The van der Waals surface area contributed by atoms with Gasteiger partial charge in [0.05, 0.1) is 11.8 Å². The van der Waals surface area contributed by atoms with Gasteiger partial charge in [-0.15, -0.1) is 0 Å². The molecule has 4 aromatic rings. The molecule has 0 unspecified atom stereocenters. The van der Waals surface area contributed by atoms with E-state index >= 15 is 0 Å². The SMILES string of the molecule is O=C(COc1ccc2ccccc2c1)N1N=C2/C(=C/c3ccc(Br)cc3)CCC[C@@H]2[C@H]1c1ccc(Br)cc1. The number of benzene rings is 4. The summed E-state index contributed by atoms with van der Waals surface area (Å²) in [5.41, 5.74) is 4.44. The van der Waals surface area contributed by atoms with Crippen LogP contribution in [0, 0.1) is 5.92 Å². The van der Waals surface area contributed by atoms with Crippen molar-refractivity contribution < 1.29 is 9.53 Å². The Labute approximate surface area is 239 Å². The third kappa shape index (κ3) is 5.20. The van der Waals surface area contributed by atoms with Crippen LogP contribution in [0.25, 0.3) is 16.8 Å². The minimum atomic E-state index is -0.153. The van der Waals surface area contributed by atoms with Gasteiger partial charge in [-0.2, -0.15) is 5.10 Å². The summed E-state index contributed by atoms with van der Waals surface area (Å²) in [6.07, 6.45) is 5.23. The van der Waals surface area contributed by atoms with Crippen molar-refractivity contribution in [2.24, 2.45) is 11.0 Å². The smallest absolute Gasteiger partial charge is 0.281 e. The van der Waals surface area contributed by atoms with E-state index in [1.165, 1.54) is 5.57 Å². The minimum absolute atomic E-state index is 0.0688. The summed E-state index contributed by atoms with van der Waals surface area (Å²) in [6, 6.07) is 30.4. The number of hydrazone groups is 1. The zero-order valence-electron chi connectivity index (χ0n) is 20.7. The quantitative estimate of drug-likeness (QED) is 0.222. The summed E-state index contributed by atoms with van der Waals surface area (Å²) in [5.74, 6) is 0.685. The van der Waals surface area contributed by atoms with Crippen molar-refractivity contribution in [3.63, 3.8) is 0 Å². The third-order valence-corrected chi connectivity index (χ3v) is 8.32. The number of nitrogens with zero attached hydrogens (tertiary/aromatic N) is 2. The average Bonchev–Trinajstić information content (AvgIpc) is 3.34. The fourth-order valence-electron chi connectivity index (χ4n) is 5.43. The molecule has 0 N–H and O–H groups in total. The third-order valence-electron chi connectivity index (χ3n) is 7.26. The Morgan fingerprint density at radius 3 is 2.39 bits per heavy atom. The van der Waals surface area contributed by atoms with Crippen molar-refractivity contribution in [1.29, 1.82) is 0 Å². The van der Waals surface area contributed by atoms with Crippen LogP contribution in [0.1, 0.15) is 36.4 Å². The molecule has 1 saturated carbocycles. The highest BCUT2D eigenvalue weighted by molar-refractivity contribution is 9.10. The maximum Gasteiger partial charge on any atom is 0.281 e. The second-order valence-electron chi connectivity index (χ2n) is 9.74. The molecule has 190 valence electrons. The summed E-state index contributed by atoms with van der Waals surface area (Å²) in [4.78, 5) is 13.6. The van der Waals surface area contributed by atoms with Gasteiger partial charge in [0.25, 0.3) is 5.91 Å². The van der Waals surface area contributed by atoms with Gasteiger partial charge in [-0.25, -0.2) is 5.01 Å². The molecule has 4 aromatic carbocycles. The topological polar surface area (TPSA) is 41.9 Å². The van der Waals surface area contributed by atoms with E-state index in [0.717, 1.165) is 55.8 Å². The number of halogens is 2. The van der Waals surface area contributed by atoms with Crippen LogP contribution in [-0.2, 0) is 4.79 Å². The number of carbonyl (C=O) groups is 1. The average molecular weight is 630 g/mol. The molecule has 6 heteroatoms. The maximum atomic E-state index is 13.6. The molecule has 0 aromatic heterocycles. The van der Waals surface area contributed by atoms with Gasteiger partial charge in [0.1, 0.15) is 5.75 Å². The first-order chi connectivity index (χ1) is 18.5. The molecule has 1 aliphatic carbocycles. The Bertz CT molecular complexity index is 1540. The van der Waals surface area contributed by atoms with Gasteiger partial charge >= 0.3 is 0 Å². The number of hydrogen-bond donors (Lipinski definition) is 0. The molecule has 1 aliphatic heterocycles. The van der Waals surface area contributed by atoms with Crippen molar-refractivity contribution in [2.45, 2.75) is 25.3 Å². The number of rotatable bonds is 5. The lowest BCUT2D eigenvalue weighted by molar-refractivity contribution is -0.135. The zero-order chi connectivity index (χ0) is 26.1. The van der Waals surface area contributed by atoms with E-state index in [9.17, 15) is 4.79 Å². The summed E-state index contributed by atoms with van der Waals surface area (Å²) >= 11 is 7.06. The highest BCUT2D eigenvalue weighted by atomic mass is 79.9. The van der Waals surface area contributed by atoms with Crippen LogP contribution in [-0.4, -0.2) is 23.2 Å². The van der Waals surface area contributed by atoms with E-state index in [2.05, 4.69) is 68.3 Å². The Hall–Kier alpha value is -3.22. The molecule has 0 radical (unpaired) electrons. The first kappa shape index (κ1) is 25.1. The molecule has 0 saturated heterocycles. The maximum absolute atomic E-state index is 13.6. The lowest BCUT2D eigenvalue weighted by Crippen LogP contribution is -2.34. The fourth-order valence-corrected chi connectivity index (χ4v) is 5.96. The normalized spacial score (nSPS) is 19.9. The Morgan fingerprint density at radius 1 is 0.921 bits per heavy atom. The first-order valence-corrected chi connectivity index (χ1v) is 14.4. The molecule has 0 spiro atoms. The van der Waals surface area contributed by atoms with Crippen molar-refractivity contribution in [3.8, 4) is 5.75 Å². The number of hydrogen-bond acceptors (Lipinski definition) is 3. The van der Waals surface area contributed by atoms with Crippen LogP contribution in [0.5, 0.6) is 5.75 Å². The summed E-state index contributed by atoms with van der Waals surface area (Å²) in [6.45, 7) is -0.0688. The summed E-state index contributed by atoms with van der Waals surface area (Å²) in [7, 11) is 0. The van der Waals surface area contributed by atoms with Crippen molar-refractivity contribution in [3.05, 3.63) is 117 Å². The summed E-state index contributed by atoms with van der Waals surface area (Å²) in [5, 5.41) is 8.87. The van der Waals surface area contributed by atoms with Gasteiger partial charge in [0, 0.05) is 14.9 Å². The van der Waals surface area contributed by atoms with Crippen molar-refractivity contribution >= 4 is 60.3 Å². The second kappa shape index (κ2) is 10.9. The van der Waals surface area contributed by atoms with E-state index in [0.29, 0.717) is 5.75 Å². The lowest BCUT2D eigenvalue weighted by atomic mass is 9.77. The zero-order valence-corrected chi connectivity index (χ0v) is 23.9. The largest absolute Gasteiger partial charge is 0.484 e. The molecule has 6 rings (SSSR count). The molecule has 2 aliphatic rings. The minimum Gasteiger partial charge on any atom is -0.484 e. The molecule has 1 fully saturated rings. The number of allylic oxidation sites excluding steroid dienone is 1. The standard InChI is InChI=1S/C32H26Br2N2O2/c33-26-13-8-21(9-14-26)18-25-6-3-7-29-31(25)35-36(32(29)23-10-15-27(34)16-11-23)30(37)20-38-28-17-12-22-4-1-2-5-24(22)19-28/h1-2,4-5,8-19,29,32H,3,6-7,20H2/b25-18+/t29-,32+/m0/s1. The molecular weight excluding hydrogens is 604 g/mol. The second-order valence-corrected chi connectivity index (χ2v) is 11.6. The molecule has 1 heterocycles. The van der Waals surface area contributed by atoms with E-state index < -0.39 is 0 Å². The monoisotopic (exact) mass is 628 g/mol. The molecule has 1 amide bonds. The van der Waals surface area contributed by atoms with Crippen LogP contribution in [0.15, 0.2) is 111 Å². The van der Waals surface area contributed by atoms with Gasteiger partial charge in [-0.1, -0.05) is 86.5 Å². The van der Waals surface area contributed by atoms with E-state index in [-0.39, 0.29) is 24.5 Å². The van der Waals surface area contributed by atoms with Gasteiger partial charge in [0.2, 0.25) is 0 Å². The van der Waals surface area contributed by atoms with E-state index in [1.807, 2.05) is 60.7 Å². The van der Waals surface area contributed by atoms with Gasteiger partial charge < -0.3 is 4.74 Å². The van der Waals surface area contributed by atoms with Crippen molar-refractivity contribution in [2.75, 3.05) is 6.61 Å². The number of amides is 1. The first-order valence-electron chi connectivity index (χ1n) is 12.8. The van der Waals surface area contributed by atoms with Crippen molar-refractivity contribution in [1.82, 2.24) is 5.01 Å². The van der Waals surface area contributed by atoms with Gasteiger partial charge in [0.15, 0.2) is 6.61 Å².